The van der Waals surface area contributed by atoms with E-state index < -0.39 is 0 Å². The summed E-state index contributed by atoms with van der Waals surface area (Å²) in [6, 6.07) is 14.7. The molecule has 1 heterocycles. The number of amides is 2. The highest BCUT2D eigenvalue weighted by molar-refractivity contribution is 5.91. The van der Waals surface area contributed by atoms with E-state index in [4.69, 9.17) is 9.47 Å². The van der Waals surface area contributed by atoms with Gasteiger partial charge in [-0.25, -0.2) is 14.8 Å². The van der Waals surface area contributed by atoms with Crippen molar-refractivity contribution in [3.63, 3.8) is 0 Å². The first kappa shape index (κ1) is 19.2. The summed E-state index contributed by atoms with van der Waals surface area (Å²) in [7, 11) is 3.11. The average Bonchev–Trinajstić information content (AvgIpc) is 2.75. The van der Waals surface area contributed by atoms with Gasteiger partial charge in [-0.15, -0.1) is 0 Å². The number of hydrogen-bond donors (Lipinski definition) is 2. The molecule has 0 fully saturated rings. The lowest BCUT2D eigenvalue weighted by molar-refractivity contribution is 0.252. The first-order valence-electron chi connectivity index (χ1n) is 8.83. The Hall–Kier alpha value is -3.61. The lowest BCUT2D eigenvalue weighted by Gasteiger charge is -2.12. The van der Waals surface area contributed by atoms with E-state index in [9.17, 15) is 4.79 Å². The van der Waals surface area contributed by atoms with E-state index in [0.717, 1.165) is 11.1 Å². The van der Waals surface area contributed by atoms with E-state index in [2.05, 4.69) is 20.6 Å². The first-order valence-corrected chi connectivity index (χ1v) is 8.83. The third kappa shape index (κ3) is 4.97. The van der Waals surface area contributed by atoms with E-state index in [0.29, 0.717) is 36.0 Å². The van der Waals surface area contributed by atoms with Gasteiger partial charge in [0, 0.05) is 30.6 Å². The summed E-state index contributed by atoms with van der Waals surface area (Å²) in [5.74, 6) is 1.86. The summed E-state index contributed by atoms with van der Waals surface area (Å²) in [5, 5.41) is 5.58. The lowest BCUT2D eigenvalue weighted by Crippen LogP contribution is -2.30. The number of ether oxygens (including phenoxy) is 2. The first-order chi connectivity index (χ1) is 13.7. The highest BCUT2D eigenvalue weighted by atomic mass is 16.5. The van der Waals surface area contributed by atoms with Gasteiger partial charge < -0.3 is 20.1 Å². The Morgan fingerprint density at radius 3 is 2.43 bits per heavy atom. The Morgan fingerprint density at radius 1 is 1.00 bits per heavy atom. The number of hydrogen-bond acceptors (Lipinski definition) is 5. The van der Waals surface area contributed by atoms with Crippen LogP contribution in [0.1, 0.15) is 5.56 Å². The zero-order valence-corrected chi connectivity index (χ0v) is 15.8. The second kappa shape index (κ2) is 9.36. The summed E-state index contributed by atoms with van der Waals surface area (Å²) in [5.41, 5.74) is 2.48. The van der Waals surface area contributed by atoms with Crippen LogP contribution in [0.3, 0.4) is 0 Å². The van der Waals surface area contributed by atoms with E-state index >= 15 is 0 Å². The lowest BCUT2D eigenvalue weighted by atomic mass is 10.2. The zero-order chi connectivity index (χ0) is 19.8. The molecule has 0 aliphatic carbocycles. The fraction of sp³-hybridized carbons (Fsp3) is 0.190. The Balaban J connectivity index is 1.50. The van der Waals surface area contributed by atoms with Crippen LogP contribution in [-0.2, 0) is 6.42 Å². The van der Waals surface area contributed by atoms with Gasteiger partial charge in [-0.3, -0.25) is 0 Å². The third-order valence-corrected chi connectivity index (χ3v) is 4.09. The molecule has 0 aliphatic rings. The Kier molecular flexibility index (Phi) is 6.41. The maximum absolute atomic E-state index is 12.1. The normalized spacial score (nSPS) is 10.2. The molecule has 0 atom stereocenters. The molecule has 0 aliphatic heterocycles. The van der Waals surface area contributed by atoms with Gasteiger partial charge in [0.05, 0.1) is 19.9 Å². The van der Waals surface area contributed by atoms with Gasteiger partial charge in [0.1, 0.15) is 11.5 Å². The molecule has 2 amide bonds. The van der Waals surface area contributed by atoms with E-state index in [1.807, 2.05) is 30.3 Å². The summed E-state index contributed by atoms with van der Waals surface area (Å²) >= 11 is 0. The molecule has 0 saturated heterocycles. The largest absolute Gasteiger partial charge is 0.497 e. The molecule has 2 N–H and O–H groups in total. The number of aromatic nitrogens is 2. The molecule has 3 aromatic rings. The van der Waals surface area contributed by atoms with Crippen molar-refractivity contribution >= 4 is 11.7 Å². The monoisotopic (exact) mass is 378 g/mol. The second-order valence-corrected chi connectivity index (χ2v) is 5.98. The van der Waals surface area contributed by atoms with Gasteiger partial charge in [-0.1, -0.05) is 30.3 Å². The summed E-state index contributed by atoms with van der Waals surface area (Å²) in [6.45, 7) is 0.457. The second-order valence-electron chi connectivity index (χ2n) is 5.98. The van der Waals surface area contributed by atoms with Gasteiger partial charge >= 0.3 is 6.03 Å². The number of nitrogens with one attached hydrogen (secondary N) is 2. The molecule has 0 bridgehead atoms. The van der Waals surface area contributed by atoms with Gasteiger partial charge in [0.15, 0.2) is 5.82 Å². The molecule has 7 nitrogen and oxygen atoms in total. The number of nitrogens with zero attached hydrogens (tertiary/aromatic N) is 2. The number of benzene rings is 2. The number of anilines is 1. The number of carbonyl (C=O) groups is 1. The maximum atomic E-state index is 12.1. The van der Waals surface area contributed by atoms with Crippen LogP contribution in [0.25, 0.3) is 11.4 Å². The minimum Gasteiger partial charge on any atom is -0.497 e. The molecule has 7 heteroatoms. The highest BCUT2D eigenvalue weighted by Crippen LogP contribution is 2.28. The van der Waals surface area contributed by atoms with Crippen LogP contribution in [0, 0.1) is 0 Å². The minimum atomic E-state index is -0.315. The Bertz CT molecular complexity index is 915. The number of urea groups is 1. The van der Waals surface area contributed by atoms with Gasteiger partial charge in [-0.05, 0) is 24.1 Å². The fourth-order valence-electron chi connectivity index (χ4n) is 2.61. The number of carbonyl (C=O) groups excluding carboxylic acids is 1. The van der Waals surface area contributed by atoms with Crippen molar-refractivity contribution < 1.29 is 14.3 Å². The van der Waals surface area contributed by atoms with Crippen LogP contribution in [0.4, 0.5) is 10.5 Å². The summed E-state index contributed by atoms with van der Waals surface area (Å²) in [4.78, 5) is 20.9. The van der Waals surface area contributed by atoms with E-state index in [1.54, 1.807) is 37.7 Å². The molecule has 3 rings (SSSR count). The topological polar surface area (TPSA) is 85.4 Å². The molecule has 1 aromatic heterocycles. The molecule has 0 unspecified atom stereocenters. The fourth-order valence-corrected chi connectivity index (χ4v) is 2.61. The maximum Gasteiger partial charge on any atom is 0.319 e. The number of rotatable bonds is 7. The van der Waals surface area contributed by atoms with Crippen molar-refractivity contribution in [2.75, 3.05) is 26.1 Å². The molecule has 2 aromatic carbocycles. The van der Waals surface area contributed by atoms with Crippen LogP contribution in [0.15, 0.2) is 60.9 Å². The van der Waals surface area contributed by atoms with Crippen LogP contribution in [0.2, 0.25) is 0 Å². The molecule has 0 radical (unpaired) electrons. The smallest absolute Gasteiger partial charge is 0.319 e. The molecular formula is C21H22N4O3. The van der Waals surface area contributed by atoms with Crippen LogP contribution in [0.5, 0.6) is 11.5 Å². The number of methoxy groups -OCH3 is 2. The molecule has 0 saturated carbocycles. The van der Waals surface area contributed by atoms with Crippen molar-refractivity contribution in [1.29, 1.82) is 0 Å². The Labute approximate surface area is 163 Å². The van der Waals surface area contributed by atoms with Crippen molar-refractivity contribution in [2.24, 2.45) is 0 Å². The van der Waals surface area contributed by atoms with Crippen LogP contribution >= 0.6 is 0 Å². The Morgan fingerprint density at radius 2 is 1.75 bits per heavy atom. The molecule has 28 heavy (non-hydrogen) atoms. The minimum absolute atomic E-state index is 0.315. The van der Waals surface area contributed by atoms with Crippen molar-refractivity contribution in [3.05, 3.63) is 66.5 Å². The standard InChI is InChI=1S/C21H22N4O3/c1-27-17-8-9-18(19(12-17)28-2)25-21(26)22-11-10-15-13-23-20(24-14-15)16-6-4-3-5-7-16/h3-9,12-14H,10-11H2,1-2H3,(H2,22,25,26). The van der Waals surface area contributed by atoms with E-state index in [-0.39, 0.29) is 6.03 Å². The van der Waals surface area contributed by atoms with Crippen molar-refractivity contribution in [3.8, 4) is 22.9 Å². The van der Waals surface area contributed by atoms with Crippen molar-refractivity contribution in [2.45, 2.75) is 6.42 Å². The van der Waals surface area contributed by atoms with Crippen molar-refractivity contribution in [1.82, 2.24) is 15.3 Å². The third-order valence-electron chi connectivity index (χ3n) is 4.09. The SMILES string of the molecule is COc1ccc(NC(=O)NCCc2cnc(-c3ccccc3)nc2)c(OC)c1. The molecule has 144 valence electrons. The van der Waals surface area contributed by atoms with Gasteiger partial charge in [-0.2, -0.15) is 0 Å². The van der Waals surface area contributed by atoms with Gasteiger partial charge in [0.2, 0.25) is 0 Å². The average molecular weight is 378 g/mol. The highest BCUT2D eigenvalue weighted by Gasteiger charge is 2.09. The van der Waals surface area contributed by atoms with E-state index in [1.165, 1.54) is 7.11 Å². The zero-order valence-electron chi connectivity index (χ0n) is 15.8. The predicted molar refractivity (Wildman–Crippen MR) is 108 cm³/mol. The van der Waals surface area contributed by atoms with Crippen LogP contribution in [-0.4, -0.2) is 36.8 Å². The van der Waals surface area contributed by atoms with Gasteiger partial charge in [0.25, 0.3) is 0 Å². The summed E-state index contributed by atoms with van der Waals surface area (Å²) < 4.78 is 10.4. The quantitative estimate of drug-likeness (QED) is 0.657. The summed E-state index contributed by atoms with van der Waals surface area (Å²) in [6.07, 6.45) is 4.19. The predicted octanol–water partition coefficient (Wildman–Crippen LogP) is 3.53. The molecular weight excluding hydrogens is 356 g/mol. The van der Waals surface area contributed by atoms with Crippen LogP contribution < -0.4 is 20.1 Å². The molecule has 0 spiro atoms.